The van der Waals surface area contributed by atoms with Crippen LogP contribution in [0.15, 0.2) is 42.5 Å². The number of amides is 1. The molecule has 140 valence electrons. The number of phenolic OH excluding ortho intramolecular Hbond substituents is 1. The summed E-state index contributed by atoms with van der Waals surface area (Å²) in [4.78, 5) is 21.1. The molecule has 0 fully saturated rings. The van der Waals surface area contributed by atoms with E-state index in [1.165, 1.54) is 25.1 Å². The first kappa shape index (κ1) is 21.5. The Morgan fingerprint density at radius 3 is 2.19 bits per heavy atom. The minimum Gasteiger partial charge on any atom is -0.481 e. The fraction of sp³-hybridized carbons (Fsp3) is 0.176. The molecule has 0 aliphatic carbocycles. The van der Waals surface area contributed by atoms with E-state index < -0.39 is 26.0 Å². The van der Waals surface area contributed by atoms with Crippen molar-refractivity contribution >= 4 is 36.1 Å². The second-order valence-electron chi connectivity index (χ2n) is 5.39. The first-order valence-corrected chi connectivity index (χ1v) is 10.8. The molecular formula is C17H20AsNO7. The molecule has 0 radical (unpaired) electrons. The van der Waals surface area contributed by atoms with Gasteiger partial charge in [0.25, 0.3) is 0 Å². The zero-order valence-corrected chi connectivity index (χ0v) is 16.1. The number of para-hydroxylation sites is 1. The number of carboxylic acids is 1. The van der Waals surface area contributed by atoms with Crippen LogP contribution in [0.25, 0.3) is 0 Å². The fourth-order valence-electron chi connectivity index (χ4n) is 2.05. The Kier molecular flexibility index (Phi) is 7.64. The number of phenols is 1. The van der Waals surface area contributed by atoms with Crippen LogP contribution >= 0.6 is 0 Å². The van der Waals surface area contributed by atoms with Crippen molar-refractivity contribution in [3.63, 3.8) is 0 Å². The van der Waals surface area contributed by atoms with Crippen LogP contribution in [0.1, 0.15) is 18.1 Å². The summed E-state index contributed by atoms with van der Waals surface area (Å²) in [6.07, 6.45) is 0.118. The Labute approximate surface area is 153 Å². The van der Waals surface area contributed by atoms with Gasteiger partial charge in [0.05, 0.1) is 6.42 Å². The zero-order chi connectivity index (χ0) is 19.9. The van der Waals surface area contributed by atoms with Crippen LogP contribution in [-0.4, -0.2) is 44.5 Å². The van der Waals surface area contributed by atoms with Gasteiger partial charge in [0.2, 0.25) is 0 Å². The predicted molar refractivity (Wildman–Crippen MR) is 95.4 cm³/mol. The Hall–Kier alpha value is -2.54. The third-order valence-corrected chi connectivity index (χ3v) is 5.34. The van der Waals surface area contributed by atoms with Gasteiger partial charge in [0.15, 0.2) is 0 Å². The molecule has 0 saturated carbocycles. The summed E-state index contributed by atoms with van der Waals surface area (Å²) in [5.41, 5.74) is 1.70. The summed E-state index contributed by atoms with van der Waals surface area (Å²) in [7, 11) is 0. The van der Waals surface area contributed by atoms with Crippen molar-refractivity contribution in [3.8, 4) is 5.75 Å². The van der Waals surface area contributed by atoms with Gasteiger partial charge in [0.1, 0.15) is 0 Å². The summed E-state index contributed by atoms with van der Waals surface area (Å²) in [5.74, 6) is -1.66. The third kappa shape index (κ3) is 6.76. The van der Waals surface area contributed by atoms with Gasteiger partial charge in [-0.15, -0.1) is 0 Å². The predicted octanol–water partition coefficient (Wildman–Crippen LogP) is 0.534. The average molecular weight is 425 g/mol. The molecule has 8 nitrogen and oxygen atoms in total. The van der Waals surface area contributed by atoms with Gasteiger partial charge < -0.3 is 5.11 Å². The van der Waals surface area contributed by atoms with Crippen molar-refractivity contribution in [1.29, 1.82) is 0 Å². The van der Waals surface area contributed by atoms with E-state index in [1.807, 2.05) is 31.2 Å². The SMILES string of the molecule is CC(=O)Nc1c(O)cccc1[As](=O)(O)O.Cc1ccccc1CC(=O)O. The first-order chi connectivity index (χ1) is 12.0. The van der Waals surface area contributed by atoms with Gasteiger partial charge in [0, 0.05) is 0 Å². The Balaban J connectivity index is 0.000000273. The first-order valence-electron chi connectivity index (χ1n) is 7.44. The van der Waals surface area contributed by atoms with Crippen molar-refractivity contribution in [3.05, 3.63) is 53.6 Å². The molecule has 5 N–H and O–H groups in total. The zero-order valence-electron chi connectivity index (χ0n) is 14.2. The van der Waals surface area contributed by atoms with E-state index in [4.69, 9.17) is 13.3 Å². The van der Waals surface area contributed by atoms with Crippen LogP contribution in [0, 0.1) is 6.92 Å². The van der Waals surface area contributed by atoms with Gasteiger partial charge in [-0.1, -0.05) is 24.3 Å². The maximum absolute atomic E-state index is 11.1. The Bertz CT molecular complexity index is 845. The van der Waals surface area contributed by atoms with E-state index in [1.54, 1.807) is 0 Å². The molecule has 2 aromatic rings. The normalized spacial score (nSPS) is 10.5. The van der Waals surface area contributed by atoms with Crippen molar-refractivity contribution in [2.75, 3.05) is 5.32 Å². The van der Waals surface area contributed by atoms with E-state index in [9.17, 15) is 18.4 Å². The summed E-state index contributed by atoms with van der Waals surface area (Å²) in [6.45, 7) is 3.10. The van der Waals surface area contributed by atoms with Gasteiger partial charge in [-0.2, -0.15) is 0 Å². The number of nitrogens with one attached hydrogen (secondary N) is 1. The van der Waals surface area contributed by atoms with Crippen LogP contribution in [-0.2, 0) is 19.7 Å². The number of carbonyl (C=O) groups is 2. The van der Waals surface area contributed by atoms with Gasteiger partial charge in [-0.3, -0.25) is 4.79 Å². The van der Waals surface area contributed by atoms with E-state index in [2.05, 4.69) is 5.32 Å². The second-order valence-corrected chi connectivity index (χ2v) is 8.69. The summed E-state index contributed by atoms with van der Waals surface area (Å²) in [6, 6.07) is 11.2. The van der Waals surface area contributed by atoms with Gasteiger partial charge >= 0.3 is 94.1 Å². The number of hydrogen-bond acceptors (Lipinski definition) is 4. The number of carbonyl (C=O) groups excluding carboxylic acids is 1. The number of aryl methyl sites for hydroxylation is 1. The molecule has 2 aromatic carbocycles. The van der Waals surface area contributed by atoms with Crippen LogP contribution < -0.4 is 9.67 Å². The fourth-order valence-corrected chi connectivity index (χ4v) is 3.60. The van der Waals surface area contributed by atoms with Crippen molar-refractivity contribution in [1.82, 2.24) is 0 Å². The maximum atomic E-state index is 11.1. The standard InChI is InChI=1S/C9H10O2.C8H10AsNO5/c1-7-4-2-3-5-8(7)6-9(10)11;1-5(11)10-8-6(9(13,14)15)3-2-4-7(8)12/h2-5H,6H2,1H3,(H,10,11);2-4,12H,1H3,(H,10,11)(H2,13,14,15). The number of benzene rings is 2. The number of aromatic hydroxyl groups is 1. The number of hydrogen-bond donors (Lipinski definition) is 5. The summed E-state index contributed by atoms with van der Waals surface area (Å²) >= 11 is -5.14. The smallest absolute Gasteiger partial charge is 0.307 e. The van der Waals surface area contributed by atoms with Crippen LogP contribution in [0.4, 0.5) is 5.69 Å². The van der Waals surface area contributed by atoms with Gasteiger partial charge in [-0.05, 0) is 18.1 Å². The average Bonchev–Trinajstić information content (AvgIpc) is 2.50. The third-order valence-electron chi connectivity index (χ3n) is 3.24. The van der Waals surface area contributed by atoms with Crippen molar-refractivity contribution in [2.45, 2.75) is 20.3 Å². The molecular weight excluding hydrogens is 405 g/mol. The molecule has 0 atom stereocenters. The summed E-state index contributed by atoms with van der Waals surface area (Å²) < 4.78 is 28.8. The molecule has 0 bridgehead atoms. The van der Waals surface area contributed by atoms with E-state index >= 15 is 0 Å². The van der Waals surface area contributed by atoms with E-state index in [0.29, 0.717) is 0 Å². The van der Waals surface area contributed by atoms with Crippen LogP contribution in [0.3, 0.4) is 0 Å². The molecule has 0 aliphatic rings. The number of aliphatic carboxylic acids is 1. The molecule has 0 aromatic heterocycles. The molecule has 0 heterocycles. The largest absolute Gasteiger partial charge is 0.481 e. The molecule has 0 spiro atoms. The van der Waals surface area contributed by atoms with Crippen molar-refractivity contribution in [2.24, 2.45) is 0 Å². The quantitative estimate of drug-likeness (QED) is 0.355. The van der Waals surface area contributed by atoms with Crippen LogP contribution in [0.5, 0.6) is 5.75 Å². The number of carboxylic acid groups (broad SMARTS) is 1. The van der Waals surface area contributed by atoms with Crippen molar-refractivity contribution < 1.29 is 31.7 Å². The van der Waals surface area contributed by atoms with Crippen LogP contribution in [0.2, 0.25) is 0 Å². The monoisotopic (exact) mass is 425 g/mol. The molecule has 0 aliphatic heterocycles. The Morgan fingerprint density at radius 1 is 1.08 bits per heavy atom. The van der Waals surface area contributed by atoms with E-state index in [0.717, 1.165) is 11.1 Å². The molecule has 0 unspecified atom stereocenters. The van der Waals surface area contributed by atoms with Gasteiger partial charge in [-0.25, -0.2) is 0 Å². The molecule has 26 heavy (non-hydrogen) atoms. The number of rotatable bonds is 4. The topological polar surface area (TPSA) is 144 Å². The minimum atomic E-state index is -5.14. The van der Waals surface area contributed by atoms with E-state index in [-0.39, 0.29) is 22.2 Å². The number of anilines is 1. The maximum Gasteiger partial charge on any atom is 0.307 e. The molecule has 0 saturated heterocycles. The molecule has 1 amide bonds. The molecule has 2 rings (SSSR count). The summed E-state index contributed by atoms with van der Waals surface area (Å²) in [5, 5.41) is 20.0. The minimum absolute atomic E-state index is 0.118. The second kappa shape index (κ2) is 9.24. The molecule has 9 heteroatoms. The Morgan fingerprint density at radius 2 is 1.69 bits per heavy atom.